The molecule has 116 valence electrons. The normalized spacial score (nSPS) is 16.1. The van der Waals surface area contributed by atoms with Crippen LogP contribution < -0.4 is 5.73 Å². The van der Waals surface area contributed by atoms with Gasteiger partial charge in [-0.2, -0.15) is 0 Å². The number of nitrogens with two attached hydrogens (primary N) is 1. The van der Waals surface area contributed by atoms with E-state index in [1.807, 2.05) is 0 Å². The van der Waals surface area contributed by atoms with Crippen LogP contribution in [0.3, 0.4) is 0 Å². The minimum atomic E-state index is -0.186. The van der Waals surface area contributed by atoms with E-state index in [0.717, 1.165) is 39.0 Å². The second kappa shape index (κ2) is 7.28. The van der Waals surface area contributed by atoms with Gasteiger partial charge >= 0.3 is 0 Å². The number of hydrogen-bond acceptors (Lipinski definition) is 5. The van der Waals surface area contributed by atoms with Gasteiger partial charge < -0.3 is 20.8 Å². The summed E-state index contributed by atoms with van der Waals surface area (Å²) in [6.07, 6.45) is 2.11. The Morgan fingerprint density at radius 1 is 1.14 bits per heavy atom. The number of unbranched alkanes of at least 4 members (excludes halogenated alkanes) is 1. The Morgan fingerprint density at radius 3 is 2.48 bits per heavy atom. The number of benzene rings is 1. The van der Waals surface area contributed by atoms with Crippen LogP contribution in [0.25, 0.3) is 0 Å². The topological polar surface area (TPSA) is 90.0 Å². The molecule has 1 aromatic rings. The average Bonchev–Trinajstić information content (AvgIpc) is 2.48. The molecule has 0 bridgehead atoms. The highest BCUT2D eigenvalue weighted by atomic mass is 16.3. The molecule has 0 spiro atoms. The molecule has 1 fully saturated rings. The summed E-state index contributed by atoms with van der Waals surface area (Å²) < 4.78 is 0. The number of phenols is 2. The van der Waals surface area contributed by atoms with Crippen LogP contribution in [0.5, 0.6) is 11.5 Å². The van der Waals surface area contributed by atoms with Crippen molar-refractivity contribution in [2.75, 3.05) is 39.3 Å². The molecule has 1 aromatic carbocycles. The molecular weight excluding hydrogens is 270 g/mol. The smallest absolute Gasteiger partial charge is 0.257 e. The van der Waals surface area contributed by atoms with Crippen molar-refractivity contribution in [3.63, 3.8) is 0 Å². The van der Waals surface area contributed by atoms with Gasteiger partial charge in [-0.15, -0.1) is 0 Å². The first kappa shape index (κ1) is 15.6. The van der Waals surface area contributed by atoms with Gasteiger partial charge in [-0.3, -0.25) is 9.69 Å². The van der Waals surface area contributed by atoms with E-state index in [0.29, 0.717) is 13.1 Å². The van der Waals surface area contributed by atoms with Crippen molar-refractivity contribution in [3.8, 4) is 11.5 Å². The molecule has 0 atom stereocenters. The number of nitrogens with zero attached hydrogens (tertiary/aromatic N) is 2. The third-order valence-electron chi connectivity index (χ3n) is 3.80. The predicted octanol–water partition coefficient (Wildman–Crippen LogP) is 0.595. The van der Waals surface area contributed by atoms with E-state index in [4.69, 9.17) is 5.73 Å². The van der Waals surface area contributed by atoms with Crippen molar-refractivity contribution in [1.82, 2.24) is 9.80 Å². The van der Waals surface area contributed by atoms with Crippen LogP contribution in [0.2, 0.25) is 0 Å². The number of hydrogen-bond donors (Lipinski definition) is 3. The highest BCUT2D eigenvalue weighted by Crippen LogP contribution is 2.24. The fourth-order valence-corrected chi connectivity index (χ4v) is 2.53. The second-order valence-electron chi connectivity index (χ2n) is 5.33. The highest BCUT2D eigenvalue weighted by Gasteiger charge is 2.23. The maximum absolute atomic E-state index is 12.3. The predicted molar refractivity (Wildman–Crippen MR) is 80.4 cm³/mol. The van der Waals surface area contributed by atoms with Gasteiger partial charge in [-0.05, 0) is 38.1 Å². The first-order valence-electron chi connectivity index (χ1n) is 7.35. The number of aromatic hydroxyl groups is 2. The Balaban J connectivity index is 1.88. The molecule has 0 unspecified atom stereocenters. The number of carbonyl (C=O) groups is 1. The van der Waals surface area contributed by atoms with Gasteiger partial charge in [-0.1, -0.05) is 0 Å². The van der Waals surface area contributed by atoms with Crippen LogP contribution in [0, 0.1) is 0 Å². The number of phenolic OH excluding ortho intramolecular Hbond substituents is 2. The van der Waals surface area contributed by atoms with Gasteiger partial charge in [0.25, 0.3) is 5.91 Å². The lowest BCUT2D eigenvalue weighted by atomic mass is 10.1. The van der Waals surface area contributed by atoms with E-state index in [-0.39, 0.29) is 23.0 Å². The highest BCUT2D eigenvalue weighted by molar-refractivity contribution is 5.97. The van der Waals surface area contributed by atoms with Gasteiger partial charge in [0.05, 0.1) is 5.56 Å². The molecule has 6 heteroatoms. The quantitative estimate of drug-likeness (QED) is 0.692. The number of rotatable bonds is 5. The molecule has 1 saturated heterocycles. The zero-order valence-corrected chi connectivity index (χ0v) is 12.2. The Kier molecular flexibility index (Phi) is 5.41. The van der Waals surface area contributed by atoms with Gasteiger partial charge in [0.1, 0.15) is 11.5 Å². The van der Waals surface area contributed by atoms with Crippen molar-refractivity contribution in [3.05, 3.63) is 23.8 Å². The van der Waals surface area contributed by atoms with Gasteiger partial charge in [0.15, 0.2) is 0 Å². The third-order valence-corrected chi connectivity index (χ3v) is 3.80. The third kappa shape index (κ3) is 4.09. The molecule has 4 N–H and O–H groups in total. The minimum Gasteiger partial charge on any atom is -0.508 e. The molecule has 1 amide bonds. The van der Waals surface area contributed by atoms with Crippen LogP contribution >= 0.6 is 0 Å². The average molecular weight is 293 g/mol. The summed E-state index contributed by atoms with van der Waals surface area (Å²) in [5.41, 5.74) is 5.72. The van der Waals surface area contributed by atoms with Crippen molar-refractivity contribution in [2.45, 2.75) is 12.8 Å². The molecular formula is C15H23N3O3. The van der Waals surface area contributed by atoms with Crippen molar-refractivity contribution in [2.24, 2.45) is 5.73 Å². The van der Waals surface area contributed by atoms with E-state index in [2.05, 4.69) is 4.90 Å². The summed E-state index contributed by atoms with van der Waals surface area (Å²) in [6, 6.07) is 4.06. The molecule has 0 aliphatic carbocycles. The summed E-state index contributed by atoms with van der Waals surface area (Å²) in [5, 5.41) is 19.0. The van der Waals surface area contributed by atoms with Crippen molar-refractivity contribution < 1.29 is 15.0 Å². The summed E-state index contributed by atoms with van der Waals surface area (Å²) in [7, 11) is 0. The van der Waals surface area contributed by atoms with E-state index in [1.165, 1.54) is 18.2 Å². The zero-order valence-electron chi connectivity index (χ0n) is 12.2. The van der Waals surface area contributed by atoms with Gasteiger partial charge in [0, 0.05) is 32.2 Å². The first-order chi connectivity index (χ1) is 10.1. The SMILES string of the molecule is NCCCCN1CCN(C(=O)c2ccc(O)cc2O)CC1. The van der Waals surface area contributed by atoms with Crippen LogP contribution in [0.15, 0.2) is 18.2 Å². The Hall–Kier alpha value is -1.79. The van der Waals surface area contributed by atoms with Gasteiger partial charge in [-0.25, -0.2) is 0 Å². The van der Waals surface area contributed by atoms with E-state index < -0.39 is 0 Å². The van der Waals surface area contributed by atoms with Crippen molar-refractivity contribution in [1.29, 1.82) is 0 Å². The van der Waals surface area contributed by atoms with Crippen LogP contribution in [0.4, 0.5) is 0 Å². The maximum atomic E-state index is 12.3. The summed E-state index contributed by atoms with van der Waals surface area (Å²) >= 11 is 0. The van der Waals surface area contributed by atoms with Crippen LogP contribution in [0.1, 0.15) is 23.2 Å². The minimum absolute atomic E-state index is 0.0474. The molecule has 0 saturated carbocycles. The second-order valence-corrected chi connectivity index (χ2v) is 5.33. The maximum Gasteiger partial charge on any atom is 0.257 e. The molecule has 1 heterocycles. The Labute approximate surface area is 124 Å². The largest absolute Gasteiger partial charge is 0.508 e. The van der Waals surface area contributed by atoms with Crippen molar-refractivity contribution >= 4 is 5.91 Å². The Bertz CT molecular complexity index is 485. The lowest BCUT2D eigenvalue weighted by Crippen LogP contribution is -2.48. The van der Waals surface area contributed by atoms with E-state index in [1.54, 1.807) is 4.90 Å². The molecule has 0 aromatic heterocycles. The van der Waals surface area contributed by atoms with E-state index in [9.17, 15) is 15.0 Å². The first-order valence-corrected chi connectivity index (χ1v) is 7.35. The molecule has 21 heavy (non-hydrogen) atoms. The number of piperazine rings is 1. The molecule has 6 nitrogen and oxygen atoms in total. The van der Waals surface area contributed by atoms with Crippen LogP contribution in [-0.4, -0.2) is 65.2 Å². The molecule has 2 rings (SSSR count). The summed E-state index contributed by atoms with van der Waals surface area (Å²) in [5.74, 6) is -0.409. The van der Waals surface area contributed by atoms with Crippen LogP contribution in [-0.2, 0) is 0 Å². The zero-order chi connectivity index (χ0) is 15.2. The lowest BCUT2D eigenvalue weighted by molar-refractivity contribution is 0.0632. The monoisotopic (exact) mass is 293 g/mol. The number of amides is 1. The molecule has 1 aliphatic rings. The molecule has 0 radical (unpaired) electrons. The standard InChI is InChI=1S/C15H23N3O3/c16-5-1-2-6-17-7-9-18(10-8-17)15(21)13-4-3-12(19)11-14(13)20/h3-4,11,19-20H,1-2,5-10,16H2. The van der Waals surface area contributed by atoms with E-state index >= 15 is 0 Å². The Morgan fingerprint density at radius 2 is 1.86 bits per heavy atom. The summed E-state index contributed by atoms with van der Waals surface area (Å²) in [6.45, 7) is 4.73. The lowest BCUT2D eigenvalue weighted by Gasteiger charge is -2.34. The van der Waals surface area contributed by atoms with Gasteiger partial charge in [0.2, 0.25) is 0 Å². The fraction of sp³-hybridized carbons (Fsp3) is 0.533. The number of carbonyl (C=O) groups excluding carboxylic acids is 1. The summed E-state index contributed by atoms with van der Waals surface area (Å²) in [4.78, 5) is 16.4. The molecule has 1 aliphatic heterocycles. The fourth-order valence-electron chi connectivity index (χ4n) is 2.53.